The van der Waals surface area contributed by atoms with Crippen LogP contribution < -0.4 is 0 Å². The third-order valence-corrected chi connectivity index (χ3v) is 11.6. The smallest absolute Gasteiger partial charge is 0.162 e. The van der Waals surface area contributed by atoms with E-state index in [0.29, 0.717) is 5.82 Å². The van der Waals surface area contributed by atoms with Gasteiger partial charge in [0.25, 0.3) is 0 Å². The molecule has 9 aromatic carbocycles. The van der Waals surface area contributed by atoms with Gasteiger partial charge in [-0.15, -0.1) is 0 Å². The molecule has 3 heteroatoms. The zero-order chi connectivity index (χ0) is 40.5. The van der Waals surface area contributed by atoms with Gasteiger partial charge < -0.3 is 0 Å². The van der Waals surface area contributed by atoms with Crippen LogP contribution in [0.1, 0.15) is 0 Å². The number of aromatic nitrogens is 3. The van der Waals surface area contributed by atoms with Crippen LogP contribution in [0.4, 0.5) is 0 Å². The molecule has 0 aliphatic heterocycles. The van der Waals surface area contributed by atoms with Gasteiger partial charge in [0.05, 0.1) is 16.6 Å². The summed E-state index contributed by atoms with van der Waals surface area (Å²) in [6.45, 7) is 0. The minimum absolute atomic E-state index is 0.675. The summed E-state index contributed by atoms with van der Waals surface area (Å²) in [4.78, 5) is 11.0. The van der Waals surface area contributed by atoms with E-state index in [1.54, 1.807) is 0 Å². The Morgan fingerprint density at radius 1 is 0.279 bits per heavy atom. The maximum atomic E-state index is 5.51. The van der Waals surface area contributed by atoms with Crippen LogP contribution in [0, 0.1) is 0 Å². The van der Waals surface area contributed by atoms with Crippen molar-refractivity contribution in [2.45, 2.75) is 0 Å². The second-order valence-corrected chi connectivity index (χ2v) is 15.4. The van der Waals surface area contributed by atoms with Gasteiger partial charge in [0.1, 0.15) is 5.65 Å². The van der Waals surface area contributed by atoms with Crippen LogP contribution in [0.3, 0.4) is 0 Å². The molecule has 0 amide bonds. The monoisotopic (exact) mass is 777 g/mol. The van der Waals surface area contributed by atoms with Crippen molar-refractivity contribution in [1.82, 2.24) is 14.5 Å². The third kappa shape index (κ3) is 6.88. The SMILES string of the molecule is c1ccc(-c2ccc(-c3cccc(-c4cccc(-c5nc(-c6cccc(-c7cccc(-c8ccccc8)c7)c6)c6c7ccccc7n(-c7ccccc7)c6n5)c4)c3)cc2)cc1. The van der Waals surface area contributed by atoms with Crippen LogP contribution in [-0.4, -0.2) is 14.5 Å². The highest BCUT2D eigenvalue weighted by Crippen LogP contribution is 2.40. The van der Waals surface area contributed by atoms with Crippen LogP contribution in [0.25, 0.3) is 106 Å². The third-order valence-electron chi connectivity index (χ3n) is 11.6. The van der Waals surface area contributed by atoms with Gasteiger partial charge in [-0.3, -0.25) is 4.57 Å². The lowest BCUT2D eigenvalue weighted by Crippen LogP contribution is -1.99. The Bertz CT molecular complexity index is 3330. The molecular formula is C58H39N3. The van der Waals surface area contributed by atoms with Crippen LogP contribution in [0.2, 0.25) is 0 Å². The van der Waals surface area contributed by atoms with Gasteiger partial charge in [0.2, 0.25) is 0 Å². The van der Waals surface area contributed by atoms with E-state index >= 15 is 0 Å². The quantitative estimate of drug-likeness (QED) is 0.154. The molecule has 286 valence electrons. The van der Waals surface area contributed by atoms with Gasteiger partial charge in [0, 0.05) is 22.2 Å². The maximum absolute atomic E-state index is 5.51. The van der Waals surface area contributed by atoms with Crippen molar-refractivity contribution in [3.8, 4) is 84.0 Å². The molecule has 2 heterocycles. The number of fused-ring (bicyclic) bond motifs is 3. The number of rotatable bonds is 8. The molecule has 0 spiro atoms. The van der Waals surface area contributed by atoms with Crippen molar-refractivity contribution < 1.29 is 0 Å². The first-order valence-corrected chi connectivity index (χ1v) is 20.7. The zero-order valence-corrected chi connectivity index (χ0v) is 33.4. The Kier molecular flexibility index (Phi) is 9.18. The highest BCUT2D eigenvalue weighted by atomic mass is 15.1. The Morgan fingerprint density at radius 2 is 0.656 bits per heavy atom. The van der Waals surface area contributed by atoms with Crippen molar-refractivity contribution >= 4 is 21.9 Å². The molecule has 2 aromatic heterocycles. The standard InChI is InChI=1S/C58H39N3/c1-4-16-40(17-5-1)42-32-34-43(35-33-42)45-21-13-23-47(37-45)49-25-15-27-51(39-49)57-59-56(55-53-30-10-11-31-54(53)61(58(55)60-57)52-28-8-3-9-29-52)50-26-14-24-48(38-50)46-22-12-20-44(36-46)41-18-6-2-7-19-41/h1-39H. The lowest BCUT2D eigenvalue weighted by atomic mass is 9.96. The van der Waals surface area contributed by atoms with E-state index in [1.807, 2.05) is 0 Å². The molecular weight excluding hydrogens is 739 g/mol. The van der Waals surface area contributed by atoms with Gasteiger partial charge in [-0.2, -0.15) is 0 Å². The summed E-state index contributed by atoms with van der Waals surface area (Å²) in [5.74, 6) is 0.675. The maximum Gasteiger partial charge on any atom is 0.162 e. The van der Waals surface area contributed by atoms with Crippen LogP contribution in [0.15, 0.2) is 237 Å². The van der Waals surface area contributed by atoms with Crippen molar-refractivity contribution in [3.05, 3.63) is 237 Å². The van der Waals surface area contributed by atoms with Gasteiger partial charge in [-0.05, 0) is 98.1 Å². The van der Waals surface area contributed by atoms with E-state index in [9.17, 15) is 0 Å². The highest BCUT2D eigenvalue weighted by molar-refractivity contribution is 6.14. The normalized spacial score (nSPS) is 11.3. The second-order valence-electron chi connectivity index (χ2n) is 15.4. The minimum Gasteiger partial charge on any atom is -0.294 e. The number of hydrogen-bond donors (Lipinski definition) is 0. The summed E-state index contributed by atoms with van der Waals surface area (Å²) < 4.78 is 2.28. The summed E-state index contributed by atoms with van der Waals surface area (Å²) in [5.41, 5.74) is 17.6. The van der Waals surface area contributed by atoms with Crippen LogP contribution in [-0.2, 0) is 0 Å². The van der Waals surface area contributed by atoms with E-state index in [4.69, 9.17) is 9.97 Å². The first-order valence-electron chi connectivity index (χ1n) is 20.7. The van der Waals surface area contributed by atoms with Crippen LogP contribution in [0.5, 0.6) is 0 Å². The van der Waals surface area contributed by atoms with E-state index in [2.05, 4.69) is 241 Å². The molecule has 0 fully saturated rings. The summed E-state index contributed by atoms with van der Waals surface area (Å²) in [6.07, 6.45) is 0. The molecule has 3 nitrogen and oxygen atoms in total. The number of nitrogens with zero attached hydrogens (tertiary/aromatic N) is 3. The van der Waals surface area contributed by atoms with Gasteiger partial charge in [-0.1, -0.05) is 194 Å². The molecule has 0 saturated carbocycles. The molecule has 0 aliphatic rings. The molecule has 11 rings (SSSR count). The molecule has 0 unspecified atom stereocenters. The van der Waals surface area contributed by atoms with E-state index in [0.717, 1.165) is 66.7 Å². The van der Waals surface area contributed by atoms with Gasteiger partial charge in [-0.25, -0.2) is 9.97 Å². The van der Waals surface area contributed by atoms with E-state index in [1.165, 1.54) is 33.4 Å². The number of para-hydroxylation sites is 2. The predicted molar refractivity (Wildman–Crippen MR) is 254 cm³/mol. The fourth-order valence-electron chi connectivity index (χ4n) is 8.59. The van der Waals surface area contributed by atoms with Crippen molar-refractivity contribution in [2.24, 2.45) is 0 Å². The van der Waals surface area contributed by atoms with Gasteiger partial charge >= 0.3 is 0 Å². The Morgan fingerprint density at radius 3 is 1.23 bits per heavy atom. The van der Waals surface area contributed by atoms with Crippen molar-refractivity contribution in [2.75, 3.05) is 0 Å². The average Bonchev–Trinajstić information content (AvgIpc) is 3.69. The summed E-state index contributed by atoms with van der Waals surface area (Å²) in [6, 6.07) is 84.0. The molecule has 61 heavy (non-hydrogen) atoms. The van der Waals surface area contributed by atoms with Gasteiger partial charge in [0.15, 0.2) is 5.82 Å². The zero-order valence-electron chi connectivity index (χ0n) is 33.4. The number of benzene rings is 9. The minimum atomic E-state index is 0.675. The highest BCUT2D eigenvalue weighted by Gasteiger charge is 2.21. The first kappa shape index (κ1) is 36.0. The van der Waals surface area contributed by atoms with Crippen LogP contribution >= 0.6 is 0 Å². The molecule has 0 radical (unpaired) electrons. The second kappa shape index (κ2) is 15.6. The van der Waals surface area contributed by atoms with Crippen molar-refractivity contribution in [1.29, 1.82) is 0 Å². The Labute approximate surface area is 355 Å². The lowest BCUT2D eigenvalue weighted by Gasteiger charge is -2.13. The summed E-state index contributed by atoms with van der Waals surface area (Å²) in [5, 5.41) is 2.14. The largest absolute Gasteiger partial charge is 0.294 e. The molecule has 0 bridgehead atoms. The lowest BCUT2D eigenvalue weighted by molar-refractivity contribution is 1.11. The molecule has 0 atom stereocenters. The topological polar surface area (TPSA) is 30.7 Å². The Hall–Kier alpha value is -8.14. The first-order chi connectivity index (χ1) is 30.2. The molecule has 0 aliphatic carbocycles. The Balaban J connectivity index is 1.05. The number of hydrogen-bond acceptors (Lipinski definition) is 2. The van der Waals surface area contributed by atoms with E-state index in [-0.39, 0.29) is 0 Å². The van der Waals surface area contributed by atoms with E-state index < -0.39 is 0 Å². The fraction of sp³-hybridized carbons (Fsp3) is 0. The molecule has 0 saturated heterocycles. The average molecular weight is 778 g/mol. The molecule has 11 aromatic rings. The summed E-state index contributed by atoms with van der Waals surface area (Å²) in [7, 11) is 0. The predicted octanol–water partition coefficient (Wildman–Crippen LogP) is 15.2. The van der Waals surface area contributed by atoms with Crippen molar-refractivity contribution in [3.63, 3.8) is 0 Å². The summed E-state index contributed by atoms with van der Waals surface area (Å²) >= 11 is 0. The molecule has 0 N–H and O–H groups in total. The fourth-order valence-corrected chi connectivity index (χ4v) is 8.59.